The molecule has 1 aromatic rings. The first-order valence-electron chi connectivity index (χ1n) is 8.56. The zero-order valence-electron chi connectivity index (χ0n) is 14.1. The first-order chi connectivity index (χ1) is 11.9. The molecule has 0 aliphatic carbocycles. The molecule has 0 saturated carbocycles. The van der Waals surface area contributed by atoms with Crippen LogP contribution in [0.1, 0.15) is 5.56 Å². The van der Waals surface area contributed by atoms with Crippen molar-refractivity contribution in [1.82, 2.24) is 15.1 Å². The molecule has 0 unspecified atom stereocenters. The number of benzene rings is 1. The van der Waals surface area contributed by atoms with E-state index in [1.165, 1.54) is 12.1 Å². The maximum Gasteiger partial charge on any atom is 0.416 e. The molecule has 2 heterocycles. The van der Waals surface area contributed by atoms with Crippen LogP contribution in [0, 0.1) is 0 Å². The first kappa shape index (κ1) is 18.0. The van der Waals surface area contributed by atoms with Crippen molar-refractivity contribution < 1.29 is 18.0 Å². The third kappa shape index (κ3) is 4.64. The highest BCUT2D eigenvalue weighted by Crippen LogP contribution is 2.31. The summed E-state index contributed by atoms with van der Waals surface area (Å²) in [5.74, 6) is 0.102. The number of nitrogens with one attached hydrogen (secondary N) is 1. The summed E-state index contributed by atoms with van der Waals surface area (Å²) in [6.07, 6.45) is -4.34. The number of carbonyl (C=O) groups is 1. The van der Waals surface area contributed by atoms with Gasteiger partial charge in [0.15, 0.2) is 0 Å². The van der Waals surface area contributed by atoms with E-state index in [-0.39, 0.29) is 5.91 Å². The summed E-state index contributed by atoms with van der Waals surface area (Å²) in [4.78, 5) is 18.2. The largest absolute Gasteiger partial charge is 0.416 e. The second-order valence-electron chi connectivity index (χ2n) is 6.44. The van der Waals surface area contributed by atoms with Gasteiger partial charge >= 0.3 is 6.18 Å². The van der Waals surface area contributed by atoms with Gasteiger partial charge in [-0.2, -0.15) is 13.2 Å². The molecule has 1 aromatic carbocycles. The molecule has 5 nitrogen and oxygen atoms in total. The molecule has 0 aromatic heterocycles. The van der Waals surface area contributed by atoms with E-state index < -0.39 is 11.7 Å². The maximum absolute atomic E-state index is 12.8. The van der Waals surface area contributed by atoms with E-state index in [4.69, 9.17) is 0 Å². The third-order valence-electron chi connectivity index (χ3n) is 4.74. The fourth-order valence-electron chi connectivity index (χ4n) is 3.25. The Balaban J connectivity index is 1.54. The second kappa shape index (κ2) is 7.61. The average molecular weight is 356 g/mol. The van der Waals surface area contributed by atoms with E-state index in [9.17, 15) is 18.0 Å². The van der Waals surface area contributed by atoms with Gasteiger partial charge < -0.3 is 15.1 Å². The number of hydrogen-bond acceptors (Lipinski definition) is 4. The lowest BCUT2D eigenvalue weighted by Crippen LogP contribution is -2.53. The Hall–Kier alpha value is -1.80. The molecule has 0 atom stereocenters. The summed E-state index contributed by atoms with van der Waals surface area (Å²) in [6, 6.07) is 5.38. The Morgan fingerprint density at radius 1 is 1.04 bits per heavy atom. The normalized spacial score (nSPS) is 20.0. The molecule has 1 amide bonds. The highest BCUT2D eigenvalue weighted by Gasteiger charge is 2.31. The molecular formula is C17H23F3N4O. The van der Waals surface area contributed by atoms with Crippen LogP contribution in [0.25, 0.3) is 0 Å². The fraction of sp³-hybridized carbons (Fsp3) is 0.588. The van der Waals surface area contributed by atoms with E-state index in [1.54, 1.807) is 6.07 Å². The van der Waals surface area contributed by atoms with Crippen LogP contribution < -0.4 is 10.2 Å². The Kier molecular flexibility index (Phi) is 5.48. The molecular weight excluding hydrogens is 333 g/mol. The van der Waals surface area contributed by atoms with Gasteiger partial charge in [0.05, 0.1) is 12.1 Å². The van der Waals surface area contributed by atoms with Crippen molar-refractivity contribution in [3.8, 4) is 0 Å². The number of piperazine rings is 2. The molecule has 0 radical (unpaired) electrons. The van der Waals surface area contributed by atoms with Gasteiger partial charge in [-0.1, -0.05) is 6.07 Å². The van der Waals surface area contributed by atoms with Crippen LogP contribution in [-0.2, 0) is 11.0 Å². The summed E-state index contributed by atoms with van der Waals surface area (Å²) in [5.41, 5.74) is -0.0776. The van der Waals surface area contributed by atoms with E-state index >= 15 is 0 Å². The molecule has 2 aliphatic rings. The SMILES string of the molecule is O=C(CN1CCNCC1)N1CCN(c2cccc(C(F)(F)F)c2)CC1. The van der Waals surface area contributed by atoms with Crippen molar-refractivity contribution in [3.63, 3.8) is 0 Å². The van der Waals surface area contributed by atoms with Gasteiger partial charge in [0.25, 0.3) is 0 Å². The number of amides is 1. The zero-order valence-corrected chi connectivity index (χ0v) is 14.1. The van der Waals surface area contributed by atoms with Crippen molar-refractivity contribution >= 4 is 11.6 Å². The quantitative estimate of drug-likeness (QED) is 0.885. The molecule has 2 aliphatic heterocycles. The lowest BCUT2D eigenvalue weighted by Gasteiger charge is -2.37. The van der Waals surface area contributed by atoms with E-state index in [2.05, 4.69) is 10.2 Å². The molecule has 0 spiro atoms. The highest BCUT2D eigenvalue weighted by atomic mass is 19.4. The number of anilines is 1. The Morgan fingerprint density at radius 2 is 1.72 bits per heavy atom. The molecule has 8 heteroatoms. The van der Waals surface area contributed by atoms with Crippen LogP contribution in [0.4, 0.5) is 18.9 Å². The number of halogens is 3. The van der Waals surface area contributed by atoms with Crippen LogP contribution in [0.15, 0.2) is 24.3 Å². The molecule has 25 heavy (non-hydrogen) atoms. The summed E-state index contributed by atoms with van der Waals surface area (Å²) in [5, 5.41) is 3.25. The van der Waals surface area contributed by atoms with Crippen molar-refractivity contribution in [3.05, 3.63) is 29.8 Å². The Morgan fingerprint density at radius 3 is 2.36 bits per heavy atom. The minimum atomic E-state index is -4.34. The number of alkyl halides is 3. The van der Waals surface area contributed by atoms with Gasteiger partial charge in [0.1, 0.15) is 0 Å². The zero-order chi connectivity index (χ0) is 17.9. The smallest absolute Gasteiger partial charge is 0.368 e. The first-order valence-corrected chi connectivity index (χ1v) is 8.56. The van der Waals surface area contributed by atoms with Crippen molar-refractivity contribution in [2.45, 2.75) is 6.18 Å². The molecule has 138 valence electrons. The number of nitrogens with zero attached hydrogens (tertiary/aromatic N) is 3. The predicted octanol–water partition coefficient (Wildman–Crippen LogP) is 1.26. The summed E-state index contributed by atoms with van der Waals surface area (Å²) in [6.45, 7) is 6.15. The van der Waals surface area contributed by atoms with Gasteiger partial charge in [-0.25, -0.2) is 0 Å². The van der Waals surface area contributed by atoms with Crippen molar-refractivity contribution in [1.29, 1.82) is 0 Å². The summed E-state index contributed by atoms with van der Waals surface area (Å²) in [7, 11) is 0. The van der Waals surface area contributed by atoms with Gasteiger partial charge in [-0.05, 0) is 18.2 Å². The number of rotatable bonds is 3. The van der Waals surface area contributed by atoms with E-state index in [1.807, 2.05) is 9.80 Å². The van der Waals surface area contributed by atoms with Gasteiger partial charge in [-0.3, -0.25) is 9.69 Å². The number of hydrogen-bond donors (Lipinski definition) is 1. The average Bonchev–Trinajstić information content (AvgIpc) is 2.62. The lowest BCUT2D eigenvalue weighted by atomic mass is 10.1. The van der Waals surface area contributed by atoms with Crippen LogP contribution in [-0.4, -0.2) is 74.6 Å². The van der Waals surface area contributed by atoms with Crippen molar-refractivity contribution in [2.75, 3.05) is 63.8 Å². The standard InChI is InChI=1S/C17H23F3N4O/c18-17(19,20)14-2-1-3-15(12-14)23-8-10-24(11-9-23)16(25)13-22-6-4-21-5-7-22/h1-3,12,21H,4-11,13H2. The van der Waals surface area contributed by atoms with Crippen LogP contribution in [0.5, 0.6) is 0 Å². The lowest BCUT2D eigenvalue weighted by molar-refractivity contribution is -0.137. The topological polar surface area (TPSA) is 38.8 Å². The van der Waals surface area contributed by atoms with Gasteiger partial charge in [-0.15, -0.1) is 0 Å². The minimum Gasteiger partial charge on any atom is -0.368 e. The third-order valence-corrected chi connectivity index (χ3v) is 4.74. The minimum absolute atomic E-state index is 0.102. The van der Waals surface area contributed by atoms with E-state index in [0.29, 0.717) is 38.4 Å². The van der Waals surface area contributed by atoms with Crippen LogP contribution in [0.3, 0.4) is 0 Å². The fourth-order valence-corrected chi connectivity index (χ4v) is 3.25. The predicted molar refractivity (Wildman–Crippen MR) is 89.5 cm³/mol. The summed E-state index contributed by atoms with van der Waals surface area (Å²) < 4.78 is 38.5. The Bertz CT molecular complexity index is 594. The van der Waals surface area contributed by atoms with Gasteiger partial charge in [0, 0.05) is 58.0 Å². The molecule has 2 fully saturated rings. The maximum atomic E-state index is 12.8. The van der Waals surface area contributed by atoms with Crippen LogP contribution in [0.2, 0.25) is 0 Å². The molecule has 0 bridgehead atoms. The summed E-state index contributed by atoms with van der Waals surface area (Å²) >= 11 is 0. The monoisotopic (exact) mass is 356 g/mol. The highest BCUT2D eigenvalue weighted by molar-refractivity contribution is 5.78. The molecule has 3 rings (SSSR count). The van der Waals surface area contributed by atoms with Crippen molar-refractivity contribution in [2.24, 2.45) is 0 Å². The van der Waals surface area contributed by atoms with Gasteiger partial charge in [0.2, 0.25) is 5.91 Å². The van der Waals surface area contributed by atoms with E-state index in [0.717, 1.165) is 32.2 Å². The molecule has 1 N–H and O–H groups in total. The molecule has 2 saturated heterocycles. The van der Waals surface area contributed by atoms with Crippen LogP contribution >= 0.6 is 0 Å². The second-order valence-corrected chi connectivity index (χ2v) is 6.44. The Labute approximate surface area is 145 Å². The number of carbonyl (C=O) groups excluding carboxylic acids is 1.